The highest BCUT2D eigenvalue weighted by atomic mass is 35.5. The molecule has 0 N–H and O–H groups in total. The fourth-order valence-corrected chi connectivity index (χ4v) is 2.12. The minimum absolute atomic E-state index is 0.0484. The second-order valence-electron chi connectivity index (χ2n) is 4.84. The average Bonchev–Trinajstić information content (AvgIpc) is 3.06. The molecule has 0 fully saturated rings. The van der Waals surface area contributed by atoms with Gasteiger partial charge in [-0.2, -0.15) is 0 Å². The van der Waals surface area contributed by atoms with Gasteiger partial charge in [-0.3, -0.25) is 0 Å². The van der Waals surface area contributed by atoms with Crippen molar-refractivity contribution < 1.29 is 18.3 Å². The highest BCUT2D eigenvalue weighted by Crippen LogP contribution is 2.24. The van der Waals surface area contributed by atoms with Crippen LogP contribution in [-0.2, 0) is 4.74 Å². The van der Waals surface area contributed by atoms with E-state index in [9.17, 15) is 9.18 Å². The van der Waals surface area contributed by atoms with E-state index in [0.717, 1.165) is 0 Å². The number of carbonyl (C=O) groups is 1. The fraction of sp³-hybridized carbons (Fsp3) is 0.125. The lowest BCUT2D eigenvalue weighted by Crippen LogP contribution is -2.10. The Bertz CT molecular complexity index is 867. The van der Waals surface area contributed by atoms with Gasteiger partial charge in [-0.15, -0.1) is 10.2 Å². The summed E-state index contributed by atoms with van der Waals surface area (Å²) in [6.07, 6.45) is 0.686. The Kier molecular flexibility index (Phi) is 4.52. The summed E-state index contributed by atoms with van der Waals surface area (Å²) in [4.78, 5) is 15.9. The molecule has 3 rings (SSSR count). The van der Waals surface area contributed by atoms with Crippen LogP contribution in [0.3, 0.4) is 0 Å². The van der Waals surface area contributed by atoms with Crippen molar-refractivity contribution in [3.05, 3.63) is 65.0 Å². The number of halogens is 2. The first-order chi connectivity index (χ1) is 11.5. The number of aromatic nitrogens is 3. The SMILES string of the molecule is C[C@@H](OC(=O)c1cccnc1Cl)c1nnc(-c2ccc(F)cc2)o1. The van der Waals surface area contributed by atoms with Crippen molar-refractivity contribution in [3.63, 3.8) is 0 Å². The third-order valence-corrected chi connectivity index (χ3v) is 3.44. The molecule has 0 spiro atoms. The highest BCUT2D eigenvalue weighted by molar-refractivity contribution is 6.32. The molecule has 0 saturated carbocycles. The van der Waals surface area contributed by atoms with Crippen LogP contribution >= 0.6 is 11.6 Å². The zero-order chi connectivity index (χ0) is 17.1. The molecular weight excluding hydrogens is 337 g/mol. The molecule has 122 valence electrons. The molecule has 3 aromatic rings. The Morgan fingerprint density at radius 3 is 2.71 bits per heavy atom. The van der Waals surface area contributed by atoms with Gasteiger partial charge in [-0.1, -0.05) is 11.6 Å². The number of benzene rings is 1. The molecule has 2 aromatic heterocycles. The zero-order valence-corrected chi connectivity index (χ0v) is 13.2. The van der Waals surface area contributed by atoms with Crippen LogP contribution < -0.4 is 0 Å². The number of hydrogen-bond donors (Lipinski definition) is 0. The molecule has 1 aromatic carbocycles. The van der Waals surface area contributed by atoms with Gasteiger partial charge in [0.05, 0.1) is 5.56 Å². The summed E-state index contributed by atoms with van der Waals surface area (Å²) in [7, 11) is 0. The molecule has 0 aliphatic carbocycles. The summed E-state index contributed by atoms with van der Waals surface area (Å²) < 4.78 is 23.7. The van der Waals surface area contributed by atoms with Gasteiger partial charge in [0, 0.05) is 11.8 Å². The van der Waals surface area contributed by atoms with E-state index in [0.29, 0.717) is 5.56 Å². The topological polar surface area (TPSA) is 78.1 Å². The molecule has 0 radical (unpaired) electrons. The lowest BCUT2D eigenvalue weighted by Gasteiger charge is -2.09. The zero-order valence-electron chi connectivity index (χ0n) is 12.4. The average molecular weight is 348 g/mol. The van der Waals surface area contributed by atoms with Crippen LogP contribution in [-0.4, -0.2) is 21.2 Å². The van der Waals surface area contributed by atoms with Gasteiger partial charge in [0.15, 0.2) is 6.10 Å². The number of pyridine rings is 1. The van der Waals surface area contributed by atoms with Crippen molar-refractivity contribution in [2.24, 2.45) is 0 Å². The van der Waals surface area contributed by atoms with Crippen LogP contribution in [0.1, 0.15) is 29.3 Å². The first-order valence-corrected chi connectivity index (χ1v) is 7.33. The van der Waals surface area contributed by atoms with Gasteiger partial charge in [0.1, 0.15) is 11.0 Å². The molecule has 0 amide bonds. The van der Waals surface area contributed by atoms with Crippen LogP contribution in [0.4, 0.5) is 4.39 Å². The number of rotatable bonds is 4. The minimum atomic E-state index is -0.782. The van der Waals surface area contributed by atoms with Crippen molar-refractivity contribution in [2.45, 2.75) is 13.0 Å². The van der Waals surface area contributed by atoms with Crippen LogP contribution in [0, 0.1) is 5.82 Å². The molecular formula is C16H11ClFN3O3. The van der Waals surface area contributed by atoms with Crippen LogP contribution in [0.15, 0.2) is 47.0 Å². The lowest BCUT2D eigenvalue weighted by atomic mass is 10.2. The van der Waals surface area contributed by atoms with Gasteiger partial charge < -0.3 is 9.15 Å². The number of ether oxygens (including phenoxy) is 1. The summed E-state index contributed by atoms with van der Waals surface area (Å²) >= 11 is 5.85. The number of nitrogens with zero attached hydrogens (tertiary/aromatic N) is 3. The van der Waals surface area contributed by atoms with E-state index in [1.54, 1.807) is 13.0 Å². The first-order valence-electron chi connectivity index (χ1n) is 6.95. The Balaban J connectivity index is 1.74. The highest BCUT2D eigenvalue weighted by Gasteiger charge is 2.21. The summed E-state index contributed by atoms with van der Waals surface area (Å²) in [5.41, 5.74) is 0.702. The maximum atomic E-state index is 12.9. The summed E-state index contributed by atoms with van der Waals surface area (Å²) in [6, 6.07) is 8.67. The molecule has 1 atom stereocenters. The van der Waals surface area contributed by atoms with Crippen molar-refractivity contribution in [1.29, 1.82) is 0 Å². The molecule has 2 heterocycles. The lowest BCUT2D eigenvalue weighted by molar-refractivity contribution is 0.0279. The fourth-order valence-electron chi connectivity index (χ4n) is 1.92. The molecule has 0 bridgehead atoms. The maximum absolute atomic E-state index is 12.9. The molecule has 0 unspecified atom stereocenters. The van der Waals surface area contributed by atoms with E-state index in [1.165, 1.54) is 36.5 Å². The Labute approximate surface area is 141 Å². The van der Waals surface area contributed by atoms with E-state index in [4.69, 9.17) is 20.8 Å². The molecule has 6 nitrogen and oxygen atoms in total. The van der Waals surface area contributed by atoms with Crippen molar-refractivity contribution >= 4 is 17.6 Å². The van der Waals surface area contributed by atoms with E-state index in [1.807, 2.05) is 0 Å². The quantitative estimate of drug-likeness (QED) is 0.527. The molecule has 8 heteroatoms. The Morgan fingerprint density at radius 1 is 1.25 bits per heavy atom. The van der Waals surface area contributed by atoms with Crippen molar-refractivity contribution in [2.75, 3.05) is 0 Å². The second kappa shape index (κ2) is 6.76. The number of carbonyl (C=O) groups excluding carboxylic acids is 1. The number of esters is 1. The van der Waals surface area contributed by atoms with E-state index in [-0.39, 0.29) is 28.3 Å². The predicted octanol–water partition coefficient (Wildman–Crippen LogP) is 3.84. The smallest absolute Gasteiger partial charge is 0.342 e. The first kappa shape index (κ1) is 16.1. The van der Waals surface area contributed by atoms with Crippen LogP contribution in [0.25, 0.3) is 11.5 Å². The summed E-state index contributed by atoms with van der Waals surface area (Å²) in [5, 5.41) is 7.76. The molecule has 0 saturated heterocycles. The van der Waals surface area contributed by atoms with Gasteiger partial charge >= 0.3 is 5.97 Å². The monoisotopic (exact) mass is 347 g/mol. The van der Waals surface area contributed by atoms with Crippen molar-refractivity contribution in [1.82, 2.24) is 15.2 Å². The van der Waals surface area contributed by atoms with Crippen LogP contribution in [0.2, 0.25) is 5.15 Å². The normalized spacial score (nSPS) is 12.0. The summed E-state index contributed by atoms with van der Waals surface area (Å²) in [5.74, 6) is -0.703. The van der Waals surface area contributed by atoms with Crippen LogP contribution in [0.5, 0.6) is 0 Å². The Morgan fingerprint density at radius 2 is 2.00 bits per heavy atom. The van der Waals surface area contributed by atoms with Gasteiger partial charge in [0.25, 0.3) is 5.89 Å². The third kappa shape index (κ3) is 3.41. The number of hydrogen-bond acceptors (Lipinski definition) is 6. The third-order valence-electron chi connectivity index (χ3n) is 3.14. The second-order valence-corrected chi connectivity index (χ2v) is 5.20. The Hall–Kier alpha value is -2.80. The maximum Gasteiger partial charge on any atom is 0.342 e. The van der Waals surface area contributed by atoms with Gasteiger partial charge in [-0.05, 0) is 43.3 Å². The van der Waals surface area contributed by atoms with Gasteiger partial charge in [0.2, 0.25) is 5.89 Å². The minimum Gasteiger partial charge on any atom is -0.449 e. The summed E-state index contributed by atoms with van der Waals surface area (Å²) in [6.45, 7) is 1.59. The largest absolute Gasteiger partial charge is 0.449 e. The standard InChI is InChI=1S/C16H11ClFN3O3/c1-9(23-16(22)12-3-2-8-19-13(12)17)14-20-21-15(24-14)10-4-6-11(18)7-5-10/h2-9H,1H3/t9-/m1/s1. The van der Waals surface area contributed by atoms with E-state index < -0.39 is 12.1 Å². The van der Waals surface area contributed by atoms with E-state index in [2.05, 4.69) is 15.2 Å². The molecule has 24 heavy (non-hydrogen) atoms. The molecule has 0 aliphatic heterocycles. The van der Waals surface area contributed by atoms with E-state index >= 15 is 0 Å². The van der Waals surface area contributed by atoms with Crippen molar-refractivity contribution in [3.8, 4) is 11.5 Å². The predicted molar refractivity (Wildman–Crippen MR) is 82.8 cm³/mol. The van der Waals surface area contributed by atoms with Gasteiger partial charge in [-0.25, -0.2) is 14.2 Å². The molecule has 0 aliphatic rings.